The molecule has 2 amide bonds. The number of hydrogen-bond acceptors (Lipinski definition) is 2. The first-order valence-electron chi connectivity index (χ1n) is 5.72. The average molecular weight is 228 g/mol. The third-order valence-corrected chi connectivity index (χ3v) is 2.92. The van der Waals surface area contributed by atoms with Gasteiger partial charge < -0.3 is 14.9 Å². The van der Waals surface area contributed by atoms with E-state index in [1.807, 2.05) is 4.90 Å². The Morgan fingerprint density at radius 3 is 2.75 bits per heavy atom. The fraction of sp³-hybridized carbons (Fsp3) is 0.818. The van der Waals surface area contributed by atoms with E-state index in [-0.39, 0.29) is 19.0 Å². The molecular weight excluding hydrogens is 208 g/mol. The Hall–Kier alpha value is -1.26. The van der Waals surface area contributed by atoms with Crippen molar-refractivity contribution in [1.29, 1.82) is 0 Å². The van der Waals surface area contributed by atoms with Crippen LogP contribution in [0.4, 0.5) is 4.79 Å². The van der Waals surface area contributed by atoms with Crippen LogP contribution in [0.15, 0.2) is 0 Å². The molecule has 0 aromatic rings. The van der Waals surface area contributed by atoms with Crippen molar-refractivity contribution >= 4 is 12.0 Å². The molecule has 1 unspecified atom stereocenters. The molecule has 1 saturated heterocycles. The second kappa shape index (κ2) is 5.72. The lowest BCUT2D eigenvalue weighted by Gasteiger charge is -2.33. The first-order chi connectivity index (χ1) is 7.50. The summed E-state index contributed by atoms with van der Waals surface area (Å²) in [7, 11) is 1.66. The van der Waals surface area contributed by atoms with Crippen molar-refractivity contribution in [1.82, 2.24) is 9.80 Å². The number of carboxylic acids is 1. The first kappa shape index (κ1) is 12.8. The zero-order valence-corrected chi connectivity index (χ0v) is 9.98. The van der Waals surface area contributed by atoms with E-state index in [0.29, 0.717) is 5.92 Å². The largest absolute Gasteiger partial charge is 0.481 e. The normalized spacial score (nSPS) is 20.6. The molecule has 1 aliphatic heterocycles. The van der Waals surface area contributed by atoms with E-state index in [1.165, 1.54) is 11.3 Å². The minimum Gasteiger partial charge on any atom is -0.481 e. The van der Waals surface area contributed by atoms with Crippen LogP contribution in [-0.2, 0) is 4.79 Å². The van der Waals surface area contributed by atoms with Gasteiger partial charge in [-0.25, -0.2) is 4.79 Å². The van der Waals surface area contributed by atoms with Crippen LogP contribution in [0.3, 0.4) is 0 Å². The van der Waals surface area contributed by atoms with Crippen LogP contribution in [0.5, 0.6) is 0 Å². The lowest BCUT2D eigenvalue weighted by atomic mass is 10.0. The number of nitrogens with zero attached hydrogens (tertiary/aromatic N) is 2. The molecule has 1 rings (SSSR count). The van der Waals surface area contributed by atoms with Gasteiger partial charge in [0, 0.05) is 26.7 Å². The summed E-state index contributed by atoms with van der Waals surface area (Å²) in [5, 5.41) is 8.54. The van der Waals surface area contributed by atoms with Crippen LogP contribution in [-0.4, -0.2) is 53.6 Å². The van der Waals surface area contributed by atoms with E-state index in [1.54, 1.807) is 7.05 Å². The summed E-state index contributed by atoms with van der Waals surface area (Å²) >= 11 is 0. The minimum absolute atomic E-state index is 0.00559. The molecule has 0 aliphatic carbocycles. The maximum atomic E-state index is 11.9. The van der Waals surface area contributed by atoms with E-state index in [9.17, 15) is 9.59 Å². The maximum Gasteiger partial charge on any atom is 0.319 e. The Morgan fingerprint density at radius 1 is 1.50 bits per heavy atom. The summed E-state index contributed by atoms with van der Waals surface area (Å²) < 4.78 is 0. The zero-order chi connectivity index (χ0) is 12.1. The van der Waals surface area contributed by atoms with E-state index < -0.39 is 5.97 Å². The summed E-state index contributed by atoms with van der Waals surface area (Å²) in [6, 6.07) is -0.0483. The van der Waals surface area contributed by atoms with Crippen molar-refractivity contribution < 1.29 is 14.7 Å². The van der Waals surface area contributed by atoms with Crippen LogP contribution in [0.1, 0.15) is 26.2 Å². The maximum absolute atomic E-state index is 11.9. The molecule has 0 bridgehead atoms. The summed E-state index contributed by atoms with van der Waals surface area (Å²) in [6.45, 7) is 3.99. The van der Waals surface area contributed by atoms with Gasteiger partial charge in [-0.1, -0.05) is 6.92 Å². The topological polar surface area (TPSA) is 60.9 Å². The SMILES string of the molecule is CC1CCCN(C(=O)N(C)CCC(=O)O)C1. The van der Waals surface area contributed by atoms with Gasteiger partial charge >= 0.3 is 12.0 Å². The number of carboxylic acid groups (broad SMARTS) is 1. The molecule has 1 N–H and O–H groups in total. The Morgan fingerprint density at radius 2 is 2.19 bits per heavy atom. The van der Waals surface area contributed by atoms with E-state index >= 15 is 0 Å². The number of amides is 2. The Labute approximate surface area is 96.0 Å². The van der Waals surface area contributed by atoms with Gasteiger partial charge in [-0.05, 0) is 18.8 Å². The Bertz CT molecular complexity index is 268. The minimum atomic E-state index is -0.869. The molecule has 1 fully saturated rings. The van der Waals surface area contributed by atoms with Crippen LogP contribution in [0.2, 0.25) is 0 Å². The molecule has 1 heterocycles. The summed E-state index contributed by atoms with van der Waals surface area (Å²) in [4.78, 5) is 25.6. The number of urea groups is 1. The smallest absolute Gasteiger partial charge is 0.319 e. The van der Waals surface area contributed by atoms with Gasteiger partial charge in [-0.3, -0.25) is 4.79 Å². The molecule has 16 heavy (non-hydrogen) atoms. The predicted molar refractivity (Wildman–Crippen MR) is 60.2 cm³/mol. The standard InChI is InChI=1S/C11H20N2O3/c1-9-4-3-6-13(8-9)11(16)12(2)7-5-10(14)15/h9H,3-8H2,1-2H3,(H,14,15). The van der Waals surface area contributed by atoms with Crippen molar-refractivity contribution in [3.05, 3.63) is 0 Å². The van der Waals surface area contributed by atoms with Gasteiger partial charge in [0.15, 0.2) is 0 Å². The van der Waals surface area contributed by atoms with Gasteiger partial charge in [-0.15, -0.1) is 0 Å². The second-order valence-corrected chi connectivity index (χ2v) is 4.54. The van der Waals surface area contributed by atoms with Gasteiger partial charge in [-0.2, -0.15) is 0 Å². The van der Waals surface area contributed by atoms with Crippen LogP contribution < -0.4 is 0 Å². The molecule has 1 atom stereocenters. The third-order valence-electron chi connectivity index (χ3n) is 2.92. The number of piperidine rings is 1. The zero-order valence-electron chi connectivity index (χ0n) is 9.98. The molecule has 0 aromatic heterocycles. The van der Waals surface area contributed by atoms with Crippen LogP contribution >= 0.6 is 0 Å². The van der Waals surface area contributed by atoms with Crippen molar-refractivity contribution in [2.45, 2.75) is 26.2 Å². The van der Waals surface area contributed by atoms with Crippen molar-refractivity contribution in [3.63, 3.8) is 0 Å². The third kappa shape index (κ3) is 3.72. The second-order valence-electron chi connectivity index (χ2n) is 4.54. The number of hydrogen-bond donors (Lipinski definition) is 1. The van der Waals surface area contributed by atoms with E-state index in [2.05, 4.69) is 6.92 Å². The number of carbonyl (C=O) groups excluding carboxylic acids is 1. The highest BCUT2D eigenvalue weighted by Gasteiger charge is 2.23. The van der Waals surface area contributed by atoms with Crippen LogP contribution in [0, 0.1) is 5.92 Å². The van der Waals surface area contributed by atoms with Crippen LogP contribution in [0.25, 0.3) is 0 Å². The molecule has 0 spiro atoms. The molecule has 0 saturated carbocycles. The lowest BCUT2D eigenvalue weighted by molar-refractivity contribution is -0.137. The lowest BCUT2D eigenvalue weighted by Crippen LogP contribution is -2.46. The number of rotatable bonds is 3. The number of likely N-dealkylation sites (tertiary alicyclic amines) is 1. The predicted octanol–water partition coefficient (Wildman–Crippen LogP) is 1.24. The Kier molecular flexibility index (Phi) is 4.58. The van der Waals surface area contributed by atoms with Gasteiger partial charge in [0.1, 0.15) is 0 Å². The Balaban J connectivity index is 2.40. The molecule has 0 aromatic carbocycles. The highest BCUT2D eigenvalue weighted by Crippen LogP contribution is 2.16. The summed E-state index contributed by atoms with van der Waals surface area (Å²) in [5.74, 6) is -0.322. The monoisotopic (exact) mass is 228 g/mol. The molecule has 1 aliphatic rings. The quantitative estimate of drug-likeness (QED) is 0.790. The summed E-state index contributed by atoms with van der Waals surface area (Å²) in [5.41, 5.74) is 0. The van der Waals surface area contributed by atoms with Crippen molar-refractivity contribution in [2.75, 3.05) is 26.7 Å². The van der Waals surface area contributed by atoms with Gasteiger partial charge in [0.2, 0.25) is 0 Å². The van der Waals surface area contributed by atoms with Gasteiger partial charge in [0.25, 0.3) is 0 Å². The number of aliphatic carboxylic acids is 1. The van der Waals surface area contributed by atoms with E-state index in [4.69, 9.17) is 5.11 Å². The highest BCUT2D eigenvalue weighted by molar-refractivity contribution is 5.75. The van der Waals surface area contributed by atoms with Crippen molar-refractivity contribution in [3.8, 4) is 0 Å². The molecule has 5 heteroatoms. The average Bonchev–Trinajstić information content (AvgIpc) is 2.24. The fourth-order valence-corrected chi connectivity index (χ4v) is 1.96. The number of carbonyl (C=O) groups is 2. The highest BCUT2D eigenvalue weighted by atomic mass is 16.4. The fourth-order valence-electron chi connectivity index (χ4n) is 1.96. The molecule has 5 nitrogen and oxygen atoms in total. The van der Waals surface area contributed by atoms with Gasteiger partial charge in [0.05, 0.1) is 6.42 Å². The van der Waals surface area contributed by atoms with Crippen molar-refractivity contribution in [2.24, 2.45) is 5.92 Å². The summed E-state index contributed by atoms with van der Waals surface area (Å²) in [6.07, 6.45) is 2.22. The molecule has 92 valence electrons. The first-order valence-corrected chi connectivity index (χ1v) is 5.72. The molecular formula is C11H20N2O3. The molecule has 0 radical (unpaired) electrons. The van der Waals surface area contributed by atoms with E-state index in [0.717, 1.165) is 19.5 Å².